The summed E-state index contributed by atoms with van der Waals surface area (Å²) in [6.45, 7) is 0. The van der Waals surface area contributed by atoms with Crippen LogP contribution in [0, 0.1) is 0 Å². The predicted octanol–water partition coefficient (Wildman–Crippen LogP) is 5.08. The van der Waals surface area contributed by atoms with Gasteiger partial charge in [-0.25, -0.2) is 0 Å². The van der Waals surface area contributed by atoms with Gasteiger partial charge in [-0.2, -0.15) is 0 Å². The Morgan fingerprint density at radius 1 is 1.10 bits per heavy atom. The SMILES string of the molecule is OC(c1ccc(Br)cc1Cl)c1ccccc1OC(F)(F)F. The summed E-state index contributed by atoms with van der Waals surface area (Å²) in [4.78, 5) is 0. The average molecular weight is 382 g/mol. The second-order valence-corrected chi connectivity index (χ2v) is 5.48. The van der Waals surface area contributed by atoms with Gasteiger partial charge in [0, 0.05) is 20.6 Å². The molecule has 0 spiro atoms. The van der Waals surface area contributed by atoms with E-state index in [9.17, 15) is 18.3 Å². The summed E-state index contributed by atoms with van der Waals surface area (Å²) in [6.07, 6.45) is -6.16. The van der Waals surface area contributed by atoms with E-state index in [4.69, 9.17) is 11.6 Å². The van der Waals surface area contributed by atoms with Crippen LogP contribution in [0.1, 0.15) is 17.2 Å². The first-order chi connectivity index (χ1) is 9.78. The minimum atomic E-state index is -4.83. The normalized spacial score (nSPS) is 13.0. The van der Waals surface area contributed by atoms with E-state index in [1.165, 1.54) is 24.3 Å². The first kappa shape index (κ1) is 16.1. The summed E-state index contributed by atoms with van der Waals surface area (Å²) in [5.41, 5.74) is 0.275. The second-order valence-electron chi connectivity index (χ2n) is 4.15. The van der Waals surface area contributed by atoms with Crippen LogP contribution in [0.3, 0.4) is 0 Å². The van der Waals surface area contributed by atoms with Gasteiger partial charge < -0.3 is 9.84 Å². The van der Waals surface area contributed by atoms with Gasteiger partial charge in [0.2, 0.25) is 0 Å². The average Bonchev–Trinajstić information content (AvgIpc) is 2.36. The molecule has 1 atom stereocenters. The molecule has 0 aromatic heterocycles. The van der Waals surface area contributed by atoms with Crippen molar-refractivity contribution in [3.05, 3.63) is 63.1 Å². The van der Waals surface area contributed by atoms with Crippen LogP contribution in [-0.2, 0) is 0 Å². The molecule has 0 saturated heterocycles. The molecule has 0 aliphatic carbocycles. The largest absolute Gasteiger partial charge is 0.573 e. The smallest absolute Gasteiger partial charge is 0.405 e. The van der Waals surface area contributed by atoms with Gasteiger partial charge in [-0.05, 0) is 18.2 Å². The second kappa shape index (κ2) is 6.25. The molecule has 0 saturated carbocycles. The summed E-state index contributed by atoms with van der Waals surface area (Å²) in [5.74, 6) is -0.462. The first-order valence-corrected chi connectivity index (χ1v) is 6.93. The molecule has 112 valence electrons. The fourth-order valence-electron chi connectivity index (χ4n) is 1.81. The van der Waals surface area contributed by atoms with E-state index < -0.39 is 18.2 Å². The molecule has 2 rings (SSSR count). The third kappa shape index (κ3) is 4.12. The number of para-hydroxylation sites is 1. The highest BCUT2D eigenvalue weighted by Gasteiger charge is 2.33. The molecule has 7 heteroatoms. The Morgan fingerprint density at radius 2 is 1.76 bits per heavy atom. The molecule has 0 aliphatic heterocycles. The molecule has 2 nitrogen and oxygen atoms in total. The number of alkyl halides is 3. The van der Waals surface area contributed by atoms with Crippen molar-refractivity contribution in [2.45, 2.75) is 12.5 Å². The number of rotatable bonds is 3. The lowest BCUT2D eigenvalue weighted by Crippen LogP contribution is -2.18. The molecular weight excluding hydrogens is 373 g/mol. The number of hydrogen-bond acceptors (Lipinski definition) is 2. The van der Waals surface area contributed by atoms with Crippen LogP contribution in [0.2, 0.25) is 5.02 Å². The van der Waals surface area contributed by atoms with Gasteiger partial charge in [0.1, 0.15) is 11.9 Å². The number of benzene rings is 2. The Morgan fingerprint density at radius 3 is 2.38 bits per heavy atom. The van der Waals surface area contributed by atoms with Gasteiger partial charge in [0.15, 0.2) is 0 Å². The van der Waals surface area contributed by atoms with Crippen LogP contribution in [0.25, 0.3) is 0 Å². The molecule has 2 aromatic carbocycles. The minimum Gasteiger partial charge on any atom is -0.405 e. The van der Waals surface area contributed by atoms with E-state index in [2.05, 4.69) is 20.7 Å². The van der Waals surface area contributed by atoms with Gasteiger partial charge in [0.25, 0.3) is 0 Å². The van der Waals surface area contributed by atoms with Crippen molar-refractivity contribution < 1.29 is 23.0 Å². The summed E-state index contributed by atoms with van der Waals surface area (Å²) in [6, 6.07) is 10.1. The maximum atomic E-state index is 12.4. The van der Waals surface area contributed by atoms with Crippen molar-refractivity contribution in [1.29, 1.82) is 0 Å². The van der Waals surface area contributed by atoms with E-state index >= 15 is 0 Å². The highest BCUT2D eigenvalue weighted by molar-refractivity contribution is 9.10. The third-order valence-corrected chi connectivity index (χ3v) is 3.52. The fourth-order valence-corrected chi connectivity index (χ4v) is 2.59. The number of hydrogen-bond donors (Lipinski definition) is 1. The van der Waals surface area contributed by atoms with Gasteiger partial charge in [-0.1, -0.05) is 51.8 Å². The van der Waals surface area contributed by atoms with Crippen molar-refractivity contribution in [2.75, 3.05) is 0 Å². The summed E-state index contributed by atoms with van der Waals surface area (Å²) in [5, 5.41) is 10.5. The Bertz CT molecular complexity index is 646. The highest BCUT2D eigenvalue weighted by atomic mass is 79.9. The van der Waals surface area contributed by atoms with Crippen LogP contribution in [0.15, 0.2) is 46.9 Å². The van der Waals surface area contributed by atoms with Crippen LogP contribution in [0.5, 0.6) is 5.75 Å². The van der Waals surface area contributed by atoms with Crippen LogP contribution in [-0.4, -0.2) is 11.5 Å². The van der Waals surface area contributed by atoms with Crippen molar-refractivity contribution in [3.8, 4) is 5.75 Å². The number of halogens is 5. The summed E-state index contributed by atoms with van der Waals surface area (Å²) >= 11 is 9.22. The van der Waals surface area contributed by atoms with E-state index in [1.807, 2.05) is 0 Å². The molecule has 0 bridgehead atoms. The van der Waals surface area contributed by atoms with Crippen molar-refractivity contribution >= 4 is 27.5 Å². The van der Waals surface area contributed by atoms with E-state index in [-0.39, 0.29) is 16.1 Å². The van der Waals surface area contributed by atoms with Gasteiger partial charge in [-0.3, -0.25) is 0 Å². The number of ether oxygens (including phenoxy) is 1. The zero-order chi connectivity index (χ0) is 15.6. The van der Waals surface area contributed by atoms with E-state index in [1.54, 1.807) is 12.1 Å². The number of aliphatic hydroxyl groups excluding tert-OH is 1. The molecule has 0 radical (unpaired) electrons. The first-order valence-electron chi connectivity index (χ1n) is 5.75. The predicted molar refractivity (Wildman–Crippen MR) is 76.3 cm³/mol. The lowest BCUT2D eigenvalue weighted by molar-refractivity contribution is -0.275. The Balaban J connectivity index is 2.41. The van der Waals surface area contributed by atoms with Crippen molar-refractivity contribution in [1.82, 2.24) is 0 Å². The Labute approximate surface area is 132 Å². The van der Waals surface area contributed by atoms with Gasteiger partial charge in [0.05, 0.1) is 0 Å². The van der Waals surface area contributed by atoms with Crippen LogP contribution < -0.4 is 4.74 Å². The van der Waals surface area contributed by atoms with E-state index in [0.717, 1.165) is 6.07 Å². The summed E-state index contributed by atoms with van der Waals surface area (Å²) < 4.78 is 41.8. The Hall–Kier alpha value is -1.24. The minimum absolute atomic E-state index is 0.0148. The van der Waals surface area contributed by atoms with Crippen molar-refractivity contribution in [3.63, 3.8) is 0 Å². The van der Waals surface area contributed by atoms with Crippen LogP contribution >= 0.6 is 27.5 Å². The topological polar surface area (TPSA) is 29.5 Å². The standard InChI is InChI=1S/C14H9BrClF3O2/c15-8-5-6-9(11(16)7-8)13(20)10-3-1-2-4-12(10)21-14(17,18)19/h1-7,13,20H. The Kier molecular flexibility index (Phi) is 4.81. The summed E-state index contributed by atoms with van der Waals surface area (Å²) in [7, 11) is 0. The van der Waals surface area contributed by atoms with Gasteiger partial charge >= 0.3 is 6.36 Å². The third-order valence-electron chi connectivity index (χ3n) is 2.70. The molecule has 0 amide bonds. The lowest BCUT2D eigenvalue weighted by Gasteiger charge is -2.18. The monoisotopic (exact) mass is 380 g/mol. The zero-order valence-electron chi connectivity index (χ0n) is 10.4. The van der Waals surface area contributed by atoms with Crippen LogP contribution in [0.4, 0.5) is 13.2 Å². The lowest BCUT2D eigenvalue weighted by atomic mass is 10.0. The molecule has 0 fully saturated rings. The van der Waals surface area contributed by atoms with Crippen molar-refractivity contribution in [2.24, 2.45) is 0 Å². The maximum absolute atomic E-state index is 12.4. The zero-order valence-corrected chi connectivity index (χ0v) is 12.7. The molecular formula is C14H9BrClF3O2. The highest BCUT2D eigenvalue weighted by Crippen LogP contribution is 2.36. The molecule has 1 unspecified atom stereocenters. The molecule has 21 heavy (non-hydrogen) atoms. The molecule has 0 aliphatic rings. The molecule has 2 aromatic rings. The maximum Gasteiger partial charge on any atom is 0.573 e. The van der Waals surface area contributed by atoms with Gasteiger partial charge in [-0.15, -0.1) is 13.2 Å². The number of aliphatic hydroxyl groups is 1. The molecule has 1 N–H and O–H groups in total. The van der Waals surface area contributed by atoms with E-state index in [0.29, 0.717) is 4.47 Å². The quantitative estimate of drug-likeness (QED) is 0.803. The molecule has 0 heterocycles. The fraction of sp³-hybridized carbons (Fsp3) is 0.143.